The van der Waals surface area contributed by atoms with Gasteiger partial charge in [0.2, 0.25) is 0 Å². The largest absolute Gasteiger partial charge is 0.310 e. The Labute approximate surface area is 112 Å². The molecule has 6 nitrogen and oxygen atoms in total. The van der Waals surface area contributed by atoms with Crippen LogP contribution in [-0.4, -0.2) is 9.49 Å². The molecule has 0 amide bonds. The molecular weight excluding hydrogens is 270 g/mol. The molecule has 0 bridgehead atoms. The van der Waals surface area contributed by atoms with Crippen molar-refractivity contribution in [1.29, 1.82) is 5.26 Å². The molecule has 0 aliphatic carbocycles. The minimum atomic E-state index is -0.571. The second-order valence-corrected chi connectivity index (χ2v) is 4.46. The Morgan fingerprint density at radius 3 is 2.63 bits per heavy atom. The van der Waals surface area contributed by atoms with Crippen LogP contribution in [0, 0.1) is 28.4 Å². The fraction of sp³-hybridized carbons (Fsp3) is 0.167. The first-order valence-corrected chi connectivity index (χ1v) is 5.63. The zero-order valence-corrected chi connectivity index (χ0v) is 10.9. The molecular formula is C12H8ClN3O3. The monoisotopic (exact) mass is 277 g/mol. The van der Waals surface area contributed by atoms with Crippen LogP contribution in [0.5, 0.6) is 0 Å². The highest BCUT2D eigenvalue weighted by Gasteiger charge is 2.18. The van der Waals surface area contributed by atoms with Crippen molar-refractivity contribution in [3.63, 3.8) is 0 Å². The van der Waals surface area contributed by atoms with Crippen molar-refractivity contribution in [2.45, 2.75) is 6.92 Å². The molecule has 7 heteroatoms. The number of aromatic nitrogens is 1. The van der Waals surface area contributed by atoms with Crippen LogP contribution in [0.1, 0.15) is 11.1 Å². The van der Waals surface area contributed by atoms with E-state index in [1.807, 2.05) is 0 Å². The van der Waals surface area contributed by atoms with Crippen molar-refractivity contribution < 1.29 is 4.92 Å². The number of pyridine rings is 1. The van der Waals surface area contributed by atoms with Gasteiger partial charge in [-0.2, -0.15) is 5.26 Å². The predicted molar refractivity (Wildman–Crippen MR) is 70.3 cm³/mol. The molecule has 0 fully saturated rings. The number of halogens is 1. The average Bonchev–Trinajstić information content (AvgIpc) is 2.36. The van der Waals surface area contributed by atoms with Crippen LogP contribution in [0.2, 0.25) is 5.02 Å². The number of nitriles is 1. The highest BCUT2D eigenvalue weighted by Crippen LogP contribution is 2.30. The molecule has 1 aromatic carbocycles. The lowest BCUT2D eigenvalue weighted by molar-refractivity contribution is -0.385. The summed E-state index contributed by atoms with van der Waals surface area (Å²) in [4.78, 5) is 22.3. The third-order valence-electron chi connectivity index (χ3n) is 2.96. The number of aryl methyl sites for hydroxylation is 2. The highest BCUT2D eigenvalue weighted by molar-refractivity contribution is 6.36. The molecule has 0 saturated carbocycles. The maximum atomic E-state index is 11.9. The van der Waals surface area contributed by atoms with Crippen LogP contribution in [-0.2, 0) is 7.05 Å². The number of hydrogen-bond donors (Lipinski definition) is 0. The van der Waals surface area contributed by atoms with Gasteiger partial charge in [0.25, 0.3) is 11.2 Å². The van der Waals surface area contributed by atoms with E-state index in [0.29, 0.717) is 16.5 Å². The standard InChI is InChI=1S/C12H8ClN3O3/c1-6-3-7-10(4-9(6)16(18)19)15(2)12(17)8(5-14)11(7)13/h3-4H,1-2H3. The van der Waals surface area contributed by atoms with Crippen molar-refractivity contribution in [2.24, 2.45) is 7.05 Å². The minimum absolute atomic E-state index is 0.0265. The minimum Gasteiger partial charge on any atom is -0.310 e. The third-order valence-corrected chi connectivity index (χ3v) is 3.35. The van der Waals surface area contributed by atoms with Crippen LogP contribution in [0.25, 0.3) is 10.9 Å². The lowest BCUT2D eigenvalue weighted by Crippen LogP contribution is -2.20. The van der Waals surface area contributed by atoms with E-state index < -0.39 is 10.5 Å². The summed E-state index contributed by atoms with van der Waals surface area (Å²) >= 11 is 6.02. The first kappa shape index (κ1) is 13.1. The van der Waals surface area contributed by atoms with Gasteiger partial charge >= 0.3 is 0 Å². The Morgan fingerprint density at radius 2 is 2.11 bits per heavy atom. The van der Waals surface area contributed by atoms with Gasteiger partial charge in [-0.3, -0.25) is 14.9 Å². The normalized spacial score (nSPS) is 10.4. The summed E-state index contributed by atoms with van der Waals surface area (Å²) in [6.07, 6.45) is 0. The molecule has 0 aliphatic heterocycles. The molecule has 19 heavy (non-hydrogen) atoms. The van der Waals surface area contributed by atoms with E-state index in [-0.39, 0.29) is 16.3 Å². The number of nitro groups is 1. The number of benzene rings is 1. The van der Waals surface area contributed by atoms with E-state index in [2.05, 4.69) is 0 Å². The van der Waals surface area contributed by atoms with Crippen LogP contribution < -0.4 is 5.56 Å². The Hall–Kier alpha value is -2.39. The van der Waals surface area contributed by atoms with Gasteiger partial charge < -0.3 is 4.57 Å². The molecule has 1 heterocycles. The molecule has 0 radical (unpaired) electrons. The van der Waals surface area contributed by atoms with E-state index in [4.69, 9.17) is 16.9 Å². The summed E-state index contributed by atoms with van der Waals surface area (Å²) < 4.78 is 1.19. The fourth-order valence-corrected chi connectivity index (χ4v) is 2.21. The van der Waals surface area contributed by atoms with Gasteiger partial charge in [-0.05, 0) is 13.0 Å². The molecule has 0 spiro atoms. The van der Waals surface area contributed by atoms with Crippen LogP contribution in [0.4, 0.5) is 5.69 Å². The number of rotatable bonds is 1. The number of hydrogen-bond acceptors (Lipinski definition) is 4. The zero-order valence-electron chi connectivity index (χ0n) is 10.1. The van der Waals surface area contributed by atoms with Gasteiger partial charge in [-0.1, -0.05) is 11.6 Å². The lowest BCUT2D eigenvalue weighted by Gasteiger charge is -2.09. The molecule has 96 valence electrons. The number of fused-ring (bicyclic) bond motifs is 1. The molecule has 0 aliphatic rings. The van der Waals surface area contributed by atoms with E-state index >= 15 is 0 Å². The predicted octanol–water partition coefficient (Wildman–Crippen LogP) is 2.28. The number of nitrogens with zero attached hydrogens (tertiary/aromatic N) is 3. The number of nitro benzene ring substituents is 1. The Bertz CT molecular complexity index is 818. The molecule has 2 rings (SSSR count). The summed E-state index contributed by atoms with van der Waals surface area (Å²) in [6, 6.07) is 4.55. The first-order chi connectivity index (χ1) is 8.88. The van der Waals surface area contributed by atoms with Crippen molar-refractivity contribution in [2.75, 3.05) is 0 Å². The van der Waals surface area contributed by atoms with Gasteiger partial charge in [-0.15, -0.1) is 0 Å². The molecule has 0 saturated heterocycles. The van der Waals surface area contributed by atoms with Crippen molar-refractivity contribution in [3.05, 3.63) is 48.8 Å². The van der Waals surface area contributed by atoms with E-state index in [0.717, 1.165) is 0 Å². The summed E-state index contributed by atoms with van der Waals surface area (Å²) in [6.45, 7) is 1.57. The van der Waals surface area contributed by atoms with Gasteiger partial charge in [0.05, 0.1) is 15.5 Å². The molecule has 2 aromatic rings. The quantitative estimate of drug-likeness (QED) is 0.591. The smallest absolute Gasteiger partial charge is 0.274 e. The second-order valence-electron chi connectivity index (χ2n) is 4.08. The van der Waals surface area contributed by atoms with Crippen LogP contribution in [0.3, 0.4) is 0 Å². The molecule has 0 N–H and O–H groups in total. The topological polar surface area (TPSA) is 88.9 Å². The second kappa shape index (κ2) is 4.37. The van der Waals surface area contributed by atoms with Gasteiger partial charge in [-0.25, -0.2) is 0 Å². The van der Waals surface area contributed by atoms with Crippen molar-refractivity contribution >= 4 is 28.2 Å². The first-order valence-electron chi connectivity index (χ1n) is 5.25. The molecule has 1 aromatic heterocycles. The fourth-order valence-electron chi connectivity index (χ4n) is 1.94. The van der Waals surface area contributed by atoms with Crippen molar-refractivity contribution in [1.82, 2.24) is 4.57 Å². The summed E-state index contributed by atoms with van der Waals surface area (Å²) in [7, 11) is 1.45. The van der Waals surface area contributed by atoms with E-state index in [1.54, 1.807) is 13.0 Å². The molecule has 0 atom stereocenters. The Kier molecular flexibility index (Phi) is 3.00. The summed E-state index contributed by atoms with van der Waals surface area (Å²) in [5, 5.41) is 20.3. The molecule has 0 unspecified atom stereocenters. The van der Waals surface area contributed by atoms with E-state index in [1.165, 1.54) is 23.7 Å². The average molecular weight is 278 g/mol. The maximum Gasteiger partial charge on any atom is 0.274 e. The van der Waals surface area contributed by atoms with Gasteiger partial charge in [0.1, 0.15) is 11.6 Å². The van der Waals surface area contributed by atoms with Gasteiger partial charge in [0.15, 0.2) is 0 Å². The van der Waals surface area contributed by atoms with E-state index in [9.17, 15) is 14.9 Å². The maximum absolute atomic E-state index is 11.9. The highest BCUT2D eigenvalue weighted by atomic mass is 35.5. The van der Waals surface area contributed by atoms with Gasteiger partial charge in [0, 0.05) is 24.1 Å². The Balaban J connectivity index is 3.06. The van der Waals surface area contributed by atoms with Crippen molar-refractivity contribution in [3.8, 4) is 6.07 Å². The Morgan fingerprint density at radius 1 is 1.47 bits per heavy atom. The lowest BCUT2D eigenvalue weighted by atomic mass is 10.1. The SMILES string of the molecule is Cc1cc2c(Cl)c(C#N)c(=O)n(C)c2cc1[N+](=O)[O-]. The zero-order chi connectivity index (χ0) is 14.3. The van der Waals surface area contributed by atoms with Crippen LogP contribution >= 0.6 is 11.6 Å². The summed E-state index contributed by atoms with van der Waals surface area (Å²) in [5.74, 6) is 0. The van der Waals surface area contributed by atoms with Crippen LogP contribution in [0.15, 0.2) is 16.9 Å². The third kappa shape index (κ3) is 1.84. The summed E-state index contributed by atoms with van der Waals surface area (Å²) in [5.41, 5.74) is -0.0837.